The molecule has 0 aromatic heterocycles. The van der Waals surface area contributed by atoms with Crippen molar-refractivity contribution in [3.8, 4) is 0 Å². The summed E-state index contributed by atoms with van der Waals surface area (Å²) < 4.78 is 0. The van der Waals surface area contributed by atoms with Crippen molar-refractivity contribution in [2.24, 2.45) is 0 Å². The van der Waals surface area contributed by atoms with Gasteiger partial charge >= 0.3 is 0 Å². The zero-order valence-corrected chi connectivity index (χ0v) is 15.3. The average molecular weight is 345 g/mol. The zero-order chi connectivity index (χ0) is 16.1. The fourth-order valence-corrected chi connectivity index (χ4v) is 4.85. The van der Waals surface area contributed by atoms with Crippen molar-refractivity contribution >= 4 is 23.4 Å². The van der Waals surface area contributed by atoms with Gasteiger partial charge in [-0.1, -0.05) is 61.7 Å². The van der Waals surface area contributed by atoms with E-state index in [2.05, 4.69) is 61.5 Å². The number of hydrogen-bond donors (Lipinski definition) is 0. The van der Waals surface area contributed by atoms with Gasteiger partial charge in [-0.05, 0) is 48.9 Å². The molecule has 2 unspecified atom stereocenters. The summed E-state index contributed by atoms with van der Waals surface area (Å²) in [6, 6.07) is 19.8. The standard InChI is InChI=1S/C21H25ClS/c1-16(22)21(23-20-10-6-3-7-11-20)19-14-12-18(13-15-19)17-8-4-2-5-9-17/h3,6-7,10-17,21H,2,4-5,8-9H2,1H3. The van der Waals surface area contributed by atoms with Crippen LogP contribution in [0, 0.1) is 0 Å². The molecule has 3 rings (SSSR count). The first kappa shape index (κ1) is 16.9. The van der Waals surface area contributed by atoms with Gasteiger partial charge < -0.3 is 0 Å². The number of thioether (sulfide) groups is 1. The van der Waals surface area contributed by atoms with Crippen LogP contribution < -0.4 is 0 Å². The molecule has 2 aromatic carbocycles. The summed E-state index contributed by atoms with van der Waals surface area (Å²) in [5.41, 5.74) is 2.85. The second-order valence-corrected chi connectivity index (χ2v) is 8.43. The van der Waals surface area contributed by atoms with E-state index in [1.165, 1.54) is 48.1 Å². The van der Waals surface area contributed by atoms with Crippen LogP contribution in [0.25, 0.3) is 0 Å². The molecule has 1 aliphatic carbocycles. The van der Waals surface area contributed by atoms with Crippen LogP contribution in [0.4, 0.5) is 0 Å². The Labute approximate surface area is 149 Å². The molecule has 0 N–H and O–H groups in total. The maximum absolute atomic E-state index is 6.50. The Morgan fingerprint density at radius 2 is 1.57 bits per heavy atom. The lowest BCUT2D eigenvalue weighted by atomic mass is 9.84. The second kappa shape index (κ2) is 8.26. The number of rotatable bonds is 5. The molecular formula is C21H25ClS. The van der Waals surface area contributed by atoms with Crippen LogP contribution in [0.15, 0.2) is 59.5 Å². The van der Waals surface area contributed by atoms with E-state index in [1.54, 1.807) is 0 Å². The highest BCUT2D eigenvalue weighted by atomic mass is 35.5. The number of hydrogen-bond acceptors (Lipinski definition) is 1. The molecule has 2 atom stereocenters. The molecule has 23 heavy (non-hydrogen) atoms. The van der Waals surface area contributed by atoms with Crippen molar-refractivity contribution in [3.63, 3.8) is 0 Å². The topological polar surface area (TPSA) is 0 Å². The molecule has 0 nitrogen and oxygen atoms in total. The Kier molecular flexibility index (Phi) is 6.08. The lowest BCUT2D eigenvalue weighted by Crippen LogP contribution is -2.07. The number of benzene rings is 2. The van der Waals surface area contributed by atoms with E-state index >= 15 is 0 Å². The second-order valence-electron chi connectivity index (χ2n) is 6.53. The van der Waals surface area contributed by atoms with Crippen molar-refractivity contribution in [2.45, 2.75) is 60.5 Å². The third-order valence-electron chi connectivity index (χ3n) is 4.77. The summed E-state index contributed by atoms with van der Waals surface area (Å²) in [7, 11) is 0. The SMILES string of the molecule is CC(Cl)C(Sc1ccccc1)c1ccc(C2CCCCC2)cc1. The summed E-state index contributed by atoms with van der Waals surface area (Å²) in [5, 5.41) is 0.389. The van der Waals surface area contributed by atoms with Gasteiger partial charge in [0.15, 0.2) is 0 Å². The van der Waals surface area contributed by atoms with Gasteiger partial charge in [-0.15, -0.1) is 23.4 Å². The van der Waals surface area contributed by atoms with Gasteiger partial charge in [0.25, 0.3) is 0 Å². The van der Waals surface area contributed by atoms with E-state index in [-0.39, 0.29) is 5.38 Å². The van der Waals surface area contributed by atoms with Crippen LogP contribution in [0.1, 0.15) is 61.3 Å². The minimum absolute atomic E-state index is 0.0979. The lowest BCUT2D eigenvalue weighted by Gasteiger charge is -2.24. The lowest BCUT2D eigenvalue weighted by molar-refractivity contribution is 0.443. The first-order valence-corrected chi connectivity index (χ1v) is 10.0. The predicted molar refractivity (Wildman–Crippen MR) is 103 cm³/mol. The smallest absolute Gasteiger partial charge is 0.0505 e. The van der Waals surface area contributed by atoms with Gasteiger partial charge in [0.2, 0.25) is 0 Å². The average Bonchev–Trinajstić information content (AvgIpc) is 2.61. The molecule has 2 aromatic rings. The van der Waals surface area contributed by atoms with E-state index in [0.717, 1.165) is 5.92 Å². The van der Waals surface area contributed by atoms with Crippen molar-refractivity contribution in [1.29, 1.82) is 0 Å². The Morgan fingerprint density at radius 1 is 0.913 bits per heavy atom. The summed E-state index contributed by atoms with van der Waals surface area (Å²) in [5.74, 6) is 0.770. The monoisotopic (exact) mass is 344 g/mol. The molecule has 1 aliphatic rings. The van der Waals surface area contributed by atoms with Crippen LogP contribution in [0.5, 0.6) is 0 Å². The molecule has 122 valence electrons. The van der Waals surface area contributed by atoms with Crippen molar-refractivity contribution < 1.29 is 0 Å². The molecule has 0 saturated heterocycles. The Morgan fingerprint density at radius 3 is 2.17 bits per heavy atom. The van der Waals surface area contributed by atoms with Crippen LogP contribution in [0.3, 0.4) is 0 Å². The Balaban J connectivity index is 1.74. The van der Waals surface area contributed by atoms with Crippen LogP contribution in [-0.2, 0) is 0 Å². The van der Waals surface area contributed by atoms with Crippen LogP contribution in [0.2, 0.25) is 0 Å². The molecule has 0 radical (unpaired) electrons. The molecule has 0 spiro atoms. The summed E-state index contributed by atoms with van der Waals surface area (Å²) in [6.45, 7) is 2.09. The first-order valence-electron chi connectivity index (χ1n) is 8.69. The van der Waals surface area contributed by atoms with Crippen LogP contribution in [-0.4, -0.2) is 5.38 Å². The van der Waals surface area contributed by atoms with E-state index < -0.39 is 0 Å². The minimum atomic E-state index is 0.0979. The third kappa shape index (κ3) is 4.55. The maximum Gasteiger partial charge on any atom is 0.0505 e. The molecule has 1 fully saturated rings. The quantitative estimate of drug-likeness (QED) is 0.408. The van der Waals surface area contributed by atoms with Gasteiger partial charge in [-0.3, -0.25) is 0 Å². The number of halogens is 1. The van der Waals surface area contributed by atoms with E-state index in [9.17, 15) is 0 Å². The van der Waals surface area contributed by atoms with Crippen molar-refractivity contribution in [3.05, 3.63) is 65.7 Å². The predicted octanol–water partition coefficient (Wildman–Crippen LogP) is 7.20. The number of alkyl halides is 1. The van der Waals surface area contributed by atoms with Crippen LogP contribution >= 0.6 is 23.4 Å². The highest BCUT2D eigenvalue weighted by Gasteiger charge is 2.20. The van der Waals surface area contributed by atoms with Crippen molar-refractivity contribution in [1.82, 2.24) is 0 Å². The Hall–Kier alpha value is -0.920. The Bertz CT molecular complexity index is 585. The summed E-state index contributed by atoms with van der Waals surface area (Å²) in [6.07, 6.45) is 6.89. The highest BCUT2D eigenvalue weighted by molar-refractivity contribution is 7.99. The molecule has 0 bridgehead atoms. The van der Waals surface area contributed by atoms with Gasteiger partial charge in [-0.25, -0.2) is 0 Å². The molecule has 1 saturated carbocycles. The fraction of sp³-hybridized carbons (Fsp3) is 0.429. The fourth-order valence-electron chi connectivity index (χ4n) is 3.47. The largest absolute Gasteiger partial charge is 0.122 e. The summed E-state index contributed by atoms with van der Waals surface area (Å²) >= 11 is 8.36. The molecule has 2 heteroatoms. The molecule has 0 aliphatic heterocycles. The maximum atomic E-state index is 6.50. The van der Waals surface area contributed by atoms with E-state index in [1.807, 2.05) is 11.8 Å². The molecule has 0 amide bonds. The zero-order valence-electron chi connectivity index (χ0n) is 13.7. The van der Waals surface area contributed by atoms with Gasteiger partial charge in [0.05, 0.1) is 5.25 Å². The van der Waals surface area contributed by atoms with Gasteiger partial charge in [0.1, 0.15) is 0 Å². The van der Waals surface area contributed by atoms with E-state index in [0.29, 0.717) is 5.25 Å². The van der Waals surface area contributed by atoms with Crippen molar-refractivity contribution in [2.75, 3.05) is 0 Å². The molecular weight excluding hydrogens is 320 g/mol. The molecule has 0 heterocycles. The highest BCUT2D eigenvalue weighted by Crippen LogP contribution is 2.40. The van der Waals surface area contributed by atoms with E-state index in [4.69, 9.17) is 11.6 Å². The van der Waals surface area contributed by atoms with Gasteiger partial charge in [-0.2, -0.15) is 0 Å². The normalized spacial score (nSPS) is 18.5. The first-order chi connectivity index (χ1) is 11.2. The minimum Gasteiger partial charge on any atom is -0.122 e. The third-order valence-corrected chi connectivity index (χ3v) is 6.65. The summed E-state index contributed by atoms with van der Waals surface area (Å²) in [4.78, 5) is 1.28. The van der Waals surface area contributed by atoms with Gasteiger partial charge in [0, 0.05) is 10.3 Å².